The van der Waals surface area contributed by atoms with Gasteiger partial charge in [-0.1, -0.05) is 19.1 Å². The lowest BCUT2D eigenvalue weighted by atomic mass is 9.54. The highest BCUT2D eigenvalue weighted by Crippen LogP contribution is 2.55. The number of carbonyl (C=O) groups excluding carboxylic acids is 3. The quantitative estimate of drug-likeness (QED) is 0.277. The number of rotatable bonds is 1. The van der Waals surface area contributed by atoms with E-state index in [0.29, 0.717) is 5.56 Å². The van der Waals surface area contributed by atoms with Crippen LogP contribution in [0.2, 0.25) is 0 Å². The molecule has 10 nitrogen and oxygen atoms in total. The van der Waals surface area contributed by atoms with E-state index >= 15 is 0 Å². The normalized spacial score (nSPS) is 35.7. The topological polar surface area (TPSA) is 204 Å². The Bertz CT molecular complexity index is 1090. The van der Waals surface area contributed by atoms with Crippen molar-refractivity contribution in [3.8, 4) is 5.75 Å². The second-order valence-electron chi connectivity index (χ2n) is 7.91. The van der Waals surface area contributed by atoms with Gasteiger partial charge in [-0.2, -0.15) is 0 Å². The lowest BCUT2D eigenvalue weighted by Crippen LogP contribution is -2.70. The Balaban J connectivity index is 2.05. The largest absolute Gasteiger partial charge is 0.508 e. The number of phenolic OH excluding ortho intramolecular Hbond substituents is 1. The number of hydrogen-bond donors (Lipinski definition) is 7. The van der Waals surface area contributed by atoms with Gasteiger partial charge in [-0.25, -0.2) is 0 Å². The Kier molecular flexibility index (Phi) is 4.11. The Morgan fingerprint density at radius 1 is 1.17 bits per heavy atom. The van der Waals surface area contributed by atoms with Gasteiger partial charge in [0, 0.05) is 11.5 Å². The van der Waals surface area contributed by atoms with E-state index in [9.17, 15) is 39.9 Å². The molecule has 0 saturated heterocycles. The van der Waals surface area contributed by atoms with E-state index in [0.717, 1.165) is 0 Å². The maximum Gasteiger partial charge on any atom is 0.255 e. The summed E-state index contributed by atoms with van der Waals surface area (Å²) in [6.45, 7) is 1.64. The highest BCUT2D eigenvalue weighted by Gasteiger charge is 2.67. The first-order valence-electron chi connectivity index (χ1n) is 9.20. The summed E-state index contributed by atoms with van der Waals surface area (Å²) >= 11 is 0. The van der Waals surface area contributed by atoms with Crippen LogP contribution < -0.4 is 11.5 Å². The molecule has 0 aliphatic heterocycles. The minimum absolute atomic E-state index is 0.0476. The molecule has 6 atom stereocenters. The third-order valence-electron chi connectivity index (χ3n) is 6.52. The standard InChI is InChI=1S/C20H20N2O8/c1-5-6-3-2-4-7(23)9(6)14(24)10-8(5)15(25)12-13(21)16(26)11(19(22)29)18(28)20(12,30)17(10)27/h2-5,8,12-13,15,23-25,28,30H,21H2,1H3,(H2,22,29). The van der Waals surface area contributed by atoms with E-state index < -0.39 is 75.6 Å². The molecule has 1 saturated carbocycles. The van der Waals surface area contributed by atoms with Crippen molar-refractivity contribution in [3.05, 3.63) is 46.2 Å². The second kappa shape index (κ2) is 6.14. The number of nitrogens with two attached hydrogens (primary N) is 2. The summed E-state index contributed by atoms with van der Waals surface area (Å²) < 4.78 is 0. The van der Waals surface area contributed by atoms with Crippen molar-refractivity contribution in [1.82, 2.24) is 0 Å². The highest BCUT2D eigenvalue weighted by molar-refractivity contribution is 6.24. The third-order valence-corrected chi connectivity index (χ3v) is 6.52. The van der Waals surface area contributed by atoms with E-state index in [4.69, 9.17) is 11.5 Å². The third kappa shape index (κ3) is 2.15. The average Bonchev–Trinajstić information content (AvgIpc) is 2.67. The molecule has 0 aromatic heterocycles. The van der Waals surface area contributed by atoms with Crippen LogP contribution in [0.25, 0.3) is 5.76 Å². The van der Waals surface area contributed by atoms with Crippen LogP contribution in [0.3, 0.4) is 0 Å². The average molecular weight is 416 g/mol. The van der Waals surface area contributed by atoms with Gasteiger partial charge in [0.05, 0.1) is 23.6 Å². The number of primary amides is 1. The summed E-state index contributed by atoms with van der Waals surface area (Å²) in [5.41, 5.74) is 6.96. The van der Waals surface area contributed by atoms with E-state index in [1.54, 1.807) is 13.0 Å². The van der Waals surface area contributed by atoms with Crippen LogP contribution in [0.1, 0.15) is 24.0 Å². The number of aliphatic hydroxyl groups is 4. The van der Waals surface area contributed by atoms with E-state index in [1.165, 1.54) is 12.1 Å². The number of benzene rings is 1. The molecule has 30 heavy (non-hydrogen) atoms. The maximum atomic E-state index is 13.4. The minimum atomic E-state index is -2.96. The molecular weight excluding hydrogens is 396 g/mol. The van der Waals surface area contributed by atoms with Crippen LogP contribution >= 0.6 is 0 Å². The number of ketones is 2. The molecule has 0 heterocycles. The lowest BCUT2D eigenvalue weighted by molar-refractivity contribution is -0.163. The van der Waals surface area contributed by atoms with Gasteiger partial charge < -0.3 is 37.0 Å². The number of phenols is 1. The van der Waals surface area contributed by atoms with Crippen molar-refractivity contribution in [1.29, 1.82) is 0 Å². The van der Waals surface area contributed by atoms with Crippen LogP contribution in [-0.2, 0) is 14.4 Å². The molecule has 1 amide bonds. The SMILES string of the molecule is CC1c2cccc(O)c2C(O)=C2C(=O)C3(O)C(O)=C(C(N)=O)C(=O)C(N)C3C(O)C21. The van der Waals surface area contributed by atoms with E-state index in [1.807, 2.05) is 0 Å². The van der Waals surface area contributed by atoms with Crippen molar-refractivity contribution < 1.29 is 39.9 Å². The van der Waals surface area contributed by atoms with Crippen LogP contribution in [0.15, 0.2) is 35.1 Å². The van der Waals surface area contributed by atoms with Crippen molar-refractivity contribution in [2.75, 3.05) is 0 Å². The van der Waals surface area contributed by atoms with E-state index in [-0.39, 0.29) is 11.3 Å². The lowest BCUT2D eigenvalue weighted by Gasteiger charge is -2.52. The summed E-state index contributed by atoms with van der Waals surface area (Å²) in [5, 5.41) is 53.9. The number of hydrogen-bond acceptors (Lipinski definition) is 9. The predicted molar refractivity (Wildman–Crippen MR) is 101 cm³/mol. The summed E-state index contributed by atoms with van der Waals surface area (Å²) in [5.74, 6) is -9.49. The molecule has 1 aromatic carbocycles. The Morgan fingerprint density at radius 3 is 2.40 bits per heavy atom. The molecule has 0 bridgehead atoms. The van der Waals surface area contributed by atoms with Gasteiger partial charge >= 0.3 is 0 Å². The van der Waals surface area contributed by atoms with Crippen LogP contribution in [0, 0.1) is 11.8 Å². The first-order valence-corrected chi connectivity index (χ1v) is 9.20. The van der Waals surface area contributed by atoms with Crippen LogP contribution in [0.4, 0.5) is 0 Å². The molecule has 3 aliphatic rings. The van der Waals surface area contributed by atoms with Gasteiger partial charge in [-0.05, 0) is 17.5 Å². The fourth-order valence-electron chi connectivity index (χ4n) is 5.10. The van der Waals surface area contributed by atoms with Crippen LogP contribution in [0.5, 0.6) is 5.75 Å². The number of fused-ring (bicyclic) bond motifs is 3. The molecule has 3 aliphatic carbocycles. The molecule has 158 valence electrons. The first kappa shape index (κ1) is 20.1. The fraction of sp³-hybridized carbons (Fsp3) is 0.350. The molecule has 6 unspecified atom stereocenters. The van der Waals surface area contributed by atoms with Crippen molar-refractivity contribution >= 4 is 23.2 Å². The summed E-state index contributed by atoms with van der Waals surface area (Å²) in [4.78, 5) is 37.6. The van der Waals surface area contributed by atoms with Crippen molar-refractivity contribution in [2.24, 2.45) is 23.3 Å². The Morgan fingerprint density at radius 2 is 1.80 bits per heavy atom. The Labute approximate surface area is 169 Å². The summed E-state index contributed by atoms with van der Waals surface area (Å²) in [6.07, 6.45) is -1.66. The molecular formula is C20H20N2O8. The van der Waals surface area contributed by atoms with E-state index in [2.05, 4.69) is 0 Å². The number of aliphatic hydroxyl groups excluding tert-OH is 3. The Hall–Kier alpha value is -3.21. The number of Topliss-reactive ketones (excluding diaryl/α,β-unsaturated/α-hetero) is 2. The monoisotopic (exact) mass is 416 g/mol. The first-order chi connectivity index (χ1) is 14.0. The fourth-order valence-corrected chi connectivity index (χ4v) is 5.10. The number of amides is 1. The smallest absolute Gasteiger partial charge is 0.255 e. The molecule has 1 fully saturated rings. The predicted octanol–water partition coefficient (Wildman–Crippen LogP) is -1.11. The van der Waals surface area contributed by atoms with Gasteiger partial charge in [0.1, 0.15) is 22.8 Å². The van der Waals surface area contributed by atoms with Gasteiger partial charge in [-0.15, -0.1) is 0 Å². The molecule has 10 heteroatoms. The number of aromatic hydroxyl groups is 1. The van der Waals surface area contributed by atoms with Gasteiger partial charge in [0.2, 0.25) is 5.78 Å². The van der Waals surface area contributed by atoms with Gasteiger partial charge in [0.15, 0.2) is 11.4 Å². The van der Waals surface area contributed by atoms with Gasteiger partial charge in [0.25, 0.3) is 5.91 Å². The summed E-state index contributed by atoms with van der Waals surface area (Å²) in [7, 11) is 0. The molecule has 1 aromatic rings. The van der Waals surface area contributed by atoms with Crippen molar-refractivity contribution in [2.45, 2.75) is 30.6 Å². The van der Waals surface area contributed by atoms with Crippen molar-refractivity contribution in [3.63, 3.8) is 0 Å². The second-order valence-corrected chi connectivity index (χ2v) is 7.91. The molecule has 0 radical (unpaired) electrons. The van der Waals surface area contributed by atoms with Crippen LogP contribution in [-0.4, -0.2) is 60.8 Å². The molecule has 9 N–H and O–H groups in total. The van der Waals surface area contributed by atoms with Gasteiger partial charge in [-0.3, -0.25) is 14.4 Å². The highest BCUT2D eigenvalue weighted by atomic mass is 16.4. The maximum absolute atomic E-state index is 13.4. The molecule has 0 spiro atoms. The zero-order valence-electron chi connectivity index (χ0n) is 15.7. The zero-order chi connectivity index (χ0) is 22.3. The number of carbonyl (C=O) groups is 3. The minimum Gasteiger partial charge on any atom is -0.508 e. The molecule has 4 rings (SSSR count). The summed E-state index contributed by atoms with van der Waals surface area (Å²) in [6, 6.07) is 2.70. The zero-order valence-corrected chi connectivity index (χ0v) is 15.7.